The Morgan fingerprint density at radius 2 is 1.75 bits per heavy atom. The van der Waals surface area contributed by atoms with Crippen LogP contribution in [-0.4, -0.2) is 7.05 Å². The molecule has 0 spiro atoms. The molecule has 0 aliphatic carbocycles. The minimum Gasteiger partial charge on any atom is -0.309 e. The van der Waals surface area contributed by atoms with Crippen LogP contribution in [0.3, 0.4) is 0 Å². The van der Waals surface area contributed by atoms with Crippen LogP contribution in [0.2, 0.25) is 0 Å². The molecular weight excluding hydrogens is 262 g/mol. The lowest BCUT2D eigenvalue weighted by atomic mass is 9.86. The average Bonchev–Trinajstić information content (AvgIpc) is 2.87. The predicted molar refractivity (Wildman–Crippen MR) is 89.7 cm³/mol. The number of nitrogens with one attached hydrogen (secondary N) is 1. The van der Waals surface area contributed by atoms with E-state index in [-0.39, 0.29) is 5.41 Å². The Kier molecular flexibility index (Phi) is 4.66. The molecule has 0 amide bonds. The average molecular weight is 287 g/mol. The Balaban J connectivity index is 2.33. The minimum absolute atomic E-state index is 0.213. The van der Waals surface area contributed by atoms with Crippen molar-refractivity contribution in [1.29, 1.82) is 0 Å². The van der Waals surface area contributed by atoms with Crippen LogP contribution in [-0.2, 0) is 11.8 Å². The van der Waals surface area contributed by atoms with Crippen LogP contribution in [0.25, 0.3) is 0 Å². The van der Waals surface area contributed by atoms with Crippen molar-refractivity contribution in [3.05, 3.63) is 57.3 Å². The second-order valence-electron chi connectivity index (χ2n) is 6.26. The summed E-state index contributed by atoms with van der Waals surface area (Å²) in [4.78, 5) is 1.44. The first kappa shape index (κ1) is 15.3. The van der Waals surface area contributed by atoms with Gasteiger partial charge < -0.3 is 5.32 Å². The normalized spacial score (nSPS) is 13.4. The Hall–Kier alpha value is -1.12. The van der Waals surface area contributed by atoms with Gasteiger partial charge >= 0.3 is 0 Å². The van der Waals surface area contributed by atoms with Crippen LogP contribution >= 0.6 is 11.3 Å². The van der Waals surface area contributed by atoms with Crippen molar-refractivity contribution in [2.45, 2.75) is 45.6 Å². The highest BCUT2D eigenvalue weighted by atomic mass is 32.1. The van der Waals surface area contributed by atoms with Gasteiger partial charge in [0.1, 0.15) is 0 Å². The van der Waals surface area contributed by atoms with E-state index in [0.717, 1.165) is 6.42 Å². The smallest absolute Gasteiger partial charge is 0.0671 e. The van der Waals surface area contributed by atoms with Gasteiger partial charge in [0.2, 0.25) is 0 Å². The summed E-state index contributed by atoms with van der Waals surface area (Å²) in [5, 5.41) is 5.66. The quantitative estimate of drug-likeness (QED) is 0.842. The van der Waals surface area contributed by atoms with Crippen LogP contribution in [0.1, 0.15) is 55.3 Å². The van der Waals surface area contributed by atoms with E-state index >= 15 is 0 Å². The van der Waals surface area contributed by atoms with E-state index in [2.05, 4.69) is 68.7 Å². The van der Waals surface area contributed by atoms with Crippen molar-refractivity contribution < 1.29 is 0 Å². The van der Waals surface area contributed by atoms with E-state index in [9.17, 15) is 0 Å². The standard InChI is InChI=1S/C18H25NS/c1-6-13-11-12-20-17(13)16(19-5)14-7-9-15(10-8-14)18(2,3)4/h7-12,16,19H,6H2,1-5H3. The number of benzene rings is 1. The van der Waals surface area contributed by atoms with Gasteiger partial charge in [0.15, 0.2) is 0 Å². The number of hydrogen-bond acceptors (Lipinski definition) is 2. The van der Waals surface area contributed by atoms with E-state index in [1.807, 2.05) is 18.4 Å². The first-order chi connectivity index (χ1) is 9.47. The van der Waals surface area contributed by atoms with Gasteiger partial charge in [0, 0.05) is 4.88 Å². The molecule has 1 unspecified atom stereocenters. The third kappa shape index (κ3) is 3.13. The fourth-order valence-electron chi connectivity index (χ4n) is 2.52. The topological polar surface area (TPSA) is 12.0 Å². The van der Waals surface area contributed by atoms with Gasteiger partial charge in [-0.2, -0.15) is 0 Å². The molecule has 2 rings (SSSR count). The fraction of sp³-hybridized carbons (Fsp3) is 0.444. The maximum atomic E-state index is 3.46. The highest BCUT2D eigenvalue weighted by Gasteiger charge is 2.18. The van der Waals surface area contributed by atoms with E-state index in [4.69, 9.17) is 0 Å². The molecular formula is C18H25NS. The lowest BCUT2D eigenvalue weighted by Crippen LogP contribution is -2.18. The molecule has 0 aliphatic rings. The van der Waals surface area contributed by atoms with E-state index in [1.54, 1.807) is 0 Å². The molecule has 2 heteroatoms. The van der Waals surface area contributed by atoms with Crippen molar-refractivity contribution in [1.82, 2.24) is 5.32 Å². The van der Waals surface area contributed by atoms with E-state index in [1.165, 1.54) is 21.6 Å². The first-order valence-corrected chi connectivity index (χ1v) is 8.19. The van der Waals surface area contributed by atoms with E-state index < -0.39 is 0 Å². The molecule has 0 saturated carbocycles. The molecule has 0 fully saturated rings. The molecule has 0 bridgehead atoms. The van der Waals surface area contributed by atoms with Crippen molar-refractivity contribution in [2.24, 2.45) is 0 Å². The predicted octanol–water partition coefficient (Wildman–Crippen LogP) is 4.92. The van der Waals surface area contributed by atoms with Gasteiger partial charge in [-0.1, -0.05) is 52.0 Å². The Bertz CT molecular complexity index is 546. The van der Waals surface area contributed by atoms with Gasteiger partial charge in [0.05, 0.1) is 6.04 Å². The summed E-state index contributed by atoms with van der Waals surface area (Å²) in [6.07, 6.45) is 1.09. The lowest BCUT2D eigenvalue weighted by Gasteiger charge is -2.21. The number of rotatable bonds is 4. The summed E-state index contributed by atoms with van der Waals surface area (Å²) in [5.74, 6) is 0. The largest absolute Gasteiger partial charge is 0.309 e. The third-order valence-electron chi connectivity index (χ3n) is 3.82. The zero-order chi connectivity index (χ0) is 14.8. The third-order valence-corrected chi connectivity index (χ3v) is 4.85. The van der Waals surface area contributed by atoms with Gasteiger partial charge in [-0.15, -0.1) is 11.3 Å². The van der Waals surface area contributed by atoms with Gasteiger partial charge in [-0.25, -0.2) is 0 Å². The number of thiophene rings is 1. The molecule has 0 radical (unpaired) electrons. The molecule has 0 saturated heterocycles. The molecule has 1 atom stereocenters. The SMILES string of the molecule is CCc1ccsc1C(NC)c1ccc(C(C)(C)C)cc1. The van der Waals surface area contributed by atoms with Crippen molar-refractivity contribution >= 4 is 11.3 Å². The van der Waals surface area contributed by atoms with Crippen LogP contribution in [0, 0.1) is 0 Å². The highest BCUT2D eigenvalue weighted by molar-refractivity contribution is 7.10. The molecule has 1 aromatic carbocycles. The van der Waals surface area contributed by atoms with E-state index in [0.29, 0.717) is 6.04 Å². The molecule has 0 aliphatic heterocycles. The van der Waals surface area contributed by atoms with Gasteiger partial charge in [0.25, 0.3) is 0 Å². The minimum atomic E-state index is 0.213. The highest BCUT2D eigenvalue weighted by Crippen LogP contribution is 2.31. The summed E-state index contributed by atoms with van der Waals surface area (Å²) in [6.45, 7) is 8.99. The molecule has 20 heavy (non-hydrogen) atoms. The molecule has 1 nitrogen and oxygen atoms in total. The van der Waals surface area contributed by atoms with Crippen LogP contribution in [0.15, 0.2) is 35.7 Å². The monoisotopic (exact) mass is 287 g/mol. The fourth-order valence-corrected chi connectivity index (χ4v) is 3.65. The Labute approximate surface area is 127 Å². The number of hydrogen-bond donors (Lipinski definition) is 1. The summed E-state index contributed by atoms with van der Waals surface area (Å²) >= 11 is 1.85. The summed E-state index contributed by atoms with van der Waals surface area (Å²) < 4.78 is 0. The Morgan fingerprint density at radius 3 is 2.25 bits per heavy atom. The lowest BCUT2D eigenvalue weighted by molar-refractivity contribution is 0.589. The molecule has 1 aromatic heterocycles. The van der Waals surface area contributed by atoms with Gasteiger partial charge in [-0.3, -0.25) is 0 Å². The second-order valence-corrected chi connectivity index (χ2v) is 7.21. The molecule has 1 N–H and O–H groups in total. The van der Waals surface area contributed by atoms with Crippen molar-refractivity contribution in [2.75, 3.05) is 7.05 Å². The number of aryl methyl sites for hydroxylation is 1. The zero-order valence-corrected chi connectivity index (χ0v) is 14.0. The second kappa shape index (κ2) is 6.11. The maximum absolute atomic E-state index is 3.46. The van der Waals surface area contributed by atoms with Crippen LogP contribution < -0.4 is 5.32 Å². The Morgan fingerprint density at radius 1 is 1.10 bits per heavy atom. The van der Waals surface area contributed by atoms with Crippen LogP contribution in [0.4, 0.5) is 0 Å². The summed E-state index contributed by atoms with van der Waals surface area (Å²) in [6, 6.07) is 11.6. The van der Waals surface area contributed by atoms with Crippen molar-refractivity contribution in [3.63, 3.8) is 0 Å². The first-order valence-electron chi connectivity index (χ1n) is 7.31. The molecule has 2 aromatic rings. The maximum Gasteiger partial charge on any atom is 0.0671 e. The summed E-state index contributed by atoms with van der Waals surface area (Å²) in [5.41, 5.74) is 4.40. The van der Waals surface area contributed by atoms with Gasteiger partial charge in [-0.05, 0) is 47.0 Å². The molecule has 1 heterocycles. The van der Waals surface area contributed by atoms with Crippen LogP contribution in [0.5, 0.6) is 0 Å². The summed E-state index contributed by atoms with van der Waals surface area (Å²) in [7, 11) is 2.04. The van der Waals surface area contributed by atoms with Crippen molar-refractivity contribution in [3.8, 4) is 0 Å². The molecule has 108 valence electrons. The zero-order valence-electron chi connectivity index (χ0n) is 13.2.